The van der Waals surface area contributed by atoms with E-state index in [4.69, 9.17) is 9.52 Å². The summed E-state index contributed by atoms with van der Waals surface area (Å²) in [6.45, 7) is 0.310. The maximum atomic E-state index is 12.7. The average molecular weight is 473 g/mol. The van der Waals surface area contributed by atoms with E-state index in [-0.39, 0.29) is 11.7 Å². The molecule has 3 aromatic heterocycles. The van der Waals surface area contributed by atoms with Crippen molar-refractivity contribution in [2.75, 3.05) is 0 Å². The second-order valence-corrected chi connectivity index (χ2v) is 7.91. The summed E-state index contributed by atoms with van der Waals surface area (Å²) in [6, 6.07) is 21.0. The number of nitrogens with zero attached hydrogens (tertiary/aromatic N) is 3. The fraction of sp³-hybridized carbons (Fsp3) is 0.0417. The second-order valence-electron chi connectivity index (χ2n) is 6.99. The predicted molar refractivity (Wildman–Crippen MR) is 122 cm³/mol. The Kier molecular flexibility index (Phi) is 5.09. The van der Waals surface area contributed by atoms with E-state index >= 15 is 0 Å². The summed E-state index contributed by atoms with van der Waals surface area (Å²) >= 11 is 3.44. The molecule has 5 aromatic rings. The van der Waals surface area contributed by atoms with Crippen molar-refractivity contribution in [2.45, 2.75) is 6.54 Å². The first-order chi connectivity index (χ1) is 15.2. The topological polar surface area (TPSA) is 73.0 Å². The molecule has 0 radical (unpaired) electrons. The molecular formula is C24H17BrN4O2. The molecule has 3 heterocycles. The molecule has 0 aliphatic heterocycles. The minimum Gasteiger partial charge on any atom is -0.451 e. The first kappa shape index (κ1) is 19.3. The summed E-state index contributed by atoms with van der Waals surface area (Å²) in [7, 11) is 0. The number of para-hydroxylation sites is 1. The number of pyridine rings is 1. The number of nitrogens with one attached hydrogen (secondary N) is 1. The summed E-state index contributed by atoms with van der Waals surface area (Å²) in [5.74, 6) is -0.00512. The number of hydrogen-bond acceptors (Lipinski definition) is 4. The first-order valence-corrected chi connectivity index (χ1v) is 10.5. The third-order valence-electron chi connectivity index (χ3n) is 4.91. The number of fused-ring (bicyclic) bond motifs is 1. The molecular weight excluding hydrogens is 456 g/mol. The Morgan fingerprint density at radius 1 is 1.03 bits per heavy atom. The summed E-state index contributed by atoms with van der Waals surface area (Å²) in [4.78, 5) is 16.8. The van der Waals surface area contributed by atoms with Gasteiger partial charge in [0.2, 0.25) is 0 Å². The highest BCUT2D eigenvalue weighted by atomic mass is 79.9. The molecule has 0 saturated heterocycles. The van der Waals surface area contributed by atoms with Crippen LogP contribution in [0.3, 0.4) is 0 Å². The third kappa shape index (κ3) is 4.00. The van der Waals surface area contributed by atoms with Gasteiger partial charge in [0.25, 0.3) is 5.91 Å². The Labute approximate surface area is 186 Å². The van der Waals surface area contributed by atoms with Crippen molar-refractivity contribution in [3.63, 3.8) is 0 Å². The SMILES string of the molecule is O=C(NCc1cn(-c2ccccc2)nc1-c1ccncc1)c1cc2cc(Br)ccc2o1. The van der Waals surface area contributed by atoms with E-state index < -0.39 is 0 Å². The molecule has 0 unspecified atom stereocenters. The zero-order chi connectivity index (χ0) is 21.2. The predicted octanol–water partition coefficient (Wildman–Crippen LogP) is 5.37. The highest BCUT2D eigenvalue weighted by molar-refractivity contribution is 9.10. The van der Waals surface area contributed by atoms with E-state index in [1.807, 2.05) is 71.5 Å². The maximum Gasteiger partial charge on any atom is 0.287 e. The van der Waals surface area contributed by atoms with E-state index in [2.05, 4.69) is 26.2 Å². The quantitative estimate of drug-likeness (QED) is 0.373. The van der Waals surface area contributed by atoms with Gasteiger partial charge in [-0.3, -0.25) is 9.78 Å². The zero-order valence-corrected chi connectivity index (χ0v) is 17.9. The lowest BCUT2D eigenvalue weighted by Crippen LogP contribution is -2.22. The smallest absolute Gasteiger partial charge is 0.287 e. The van der Waals surface area contributed by atoms with Gasteiger partial charge >= 0.3 is 0 Å². The van der Waals surface area contributed by atoms with E-state index in [0.717, 1.165) is 32.4 Å². The number of carbonyl (C=O) groups is 1. The van der Waals surface area contributed by atoms with Gasteiger partial charge in [-0.15, -0.1) is 0 Å². The number of halogens is 1. The van der Waals surface area contributed by atoms with Crippen LogP contribution in [0.4, 0.5) is 0 Å². The molecule has 0 saturated carbocycles. The van der Waals surface area contributed by atoms with Gasteiger partial charge in [0, 0.05) is 46.1 Å². The minimum absolute atomic E-state index is 0.272. The molecule has 31 heavy (non-hydrogen) atoms. The van der Waals surface area contributed by atoms with Gasteiger partial charge in [-0.05, 0) is 48.5 Å². The monoisotopic (exact) mass is 472 g/mol. The molecule has 0 atom stereocenters. The number of carbonyl (C=O) groups excluding carboxylic acids is 1. The van der Waals surface area contributed by atoms with Gasteiger partial charge in [-0.2, -0.15) is 5.10 Å². The van der Waals surface area contributed by atoms with Gasteiger partial charge in [-0.25, -0.2) is 4.68 Å². The molecule has 0 aliphatic rings. The maximum absolute atomic E-state index is 12.7. The van der Waals surface area contributed by atoms with Crippen molar-refractivity contribution in [1.82, 2.24) is 20.1 Å². The largest absolute Gasteiger partial charge is 0.451 e. The van der Waals surface area contributed by atoms with Crippen LogP contribution >= 0.6 is 15.9 Å². The van der Waals surface area contributed by atoms with Crippen LogP contribution in [0.25, 0.3) is 27.9 Å². The number of aromatic nitrogens is 3. The fourth-order valence-corrected chi connectivity index (χ4v) is 3.77. The summed E-state index contributed by atoms with van der Waals surface area (Å²) in [5, 5.41) is 8.58. The lowest BCUT2D eigenvalue weighted by atomic mass is 10.1. The van der Waals surface area contributed by atoms with Crippen LogP contribution in [-0.4, -0.2) is 20.7 Å². The van der Waals surface area contributed by atoms with E-state index in [0.29, 0.717) is 12.1 Å². The van der Waals surface area contributed by atoms with E-state index in [1.54, 1.807) is 18.5 Å². The molecule has 0 aliphatic carbocycles. The van der Waals surface area contributed by atoms with Crippen molar-refractivity contribution < 1.29 is 9.21 Å². The normalized spacial score (nSPS) is 11.0. The van der Waals surface area contributed by atoms with Crippen molar-refractivity contribution >= 4 is 32.8 Å². The Morgan fingerprint density at radius 2 is 1.84 bits per heavy atom. The minimum atomic E-state index is -0.277. The lowest BCUT2D eigenvalue weighted by molar-refractivity contribution is 0.0925. The van der Waals surface area contributed by atoms with Gasteiger partial charge < -0.3 is 9.73 Å². The van der Waals surface area contributed by atoms with Crippen LogP contribution in [0.5, 0.6) is 0 Å². The average Bonchev–Trinajstić information content (AvgIpc) is 3.43. The standard InChI is InChI=1S/C24H17BrN4O2/c25-19-6-7-21-17(12-19)13-22(31-21)24(30)27-14-18-15-29(20-4-2-1-3-5-20)28-23(18)16-8-10-26-11-9-16/h1-13,15H,14H2,(H,27,30). The second kappa shape index (κ2) is 8.20. The third-order valence-corrected chi connectivity index (χ3v) is 5.40. The summed E-state index contributed by atoms with van der Waals surface area (Å²) in [6.07, 6.45) is 5.39. The highest BCUT2D eigenvalue weighted by Gasteiger charge is 2.16. The Bertz CT molecular complexity index is 1360. The van der Waals surface area contributed by atoms with E-state index in [9.17, 15) is 4.79 Å². The molecule has 6 nitrogen and oxygen atoms in total. The molecule has 0 fully saturated rings. The van der Waals surface area contributed by atoms with Gasteiger partial charge in [0.05, 0.1) is 11.4 Å². The molecule has 0 spiro atoms. The molecule has 0 bridgehead atoms. The van der Waals surface area contributed by atoms with Crippen LogP contribution in [0.1, 0.15) is 16.1 Å². The Balaban J connectivity index is 1.43. The molecule has 5 rings (SSSR count). The van der Waals surface area contributed by atoms with Crippen LogP contribution in [0.15, 0.2) is 94.2 Å². The molecule has 1 N–H and O–H groups in total. The van der Waals surface area contributed by atoms with Gasteiger partial charge in [-0.1, -0.05) is 34.1 Å². The number of rotatable bonds is 5. The van der Waals surface area contributed by atoms with Crippen molar-refractivity contribution in [3.8, 4) is 16.9 Å². The number of furan rings is 1. The summed E-state index contributed by atoms with van der Waals surface area (Å²) in [5.41, 5.74) is 4.23. The number of amides is 1. The molecule has 152 valence electrons. The van der Waals surface area contributed by atoms with Crippen LogP contribution in [0.2, 0.25) is 0 Å². The Morgan fingerprint density at radius 3 is 2.65 bits per heavy atom. The van der Waals surface area contributed by atoms with Crippen LogP contribution in [-0.2, 0) is 6.54 Å². The summed E-state index contributed by atoms with van der Waals surface area (Å²) < 4.78 is 8.45. The van der Waals surface area contributed by atoms with Crippen LogP contribution < -0.4 is 5.32 Å². The van der Waals surface area contributed by atoms with E-state index in [1.165, 1.54) is 0 Å². The zero-order valence-electron chi connectivity index (χ0n) is 16.3. The van der Waals surface area contributed by atoms with Gasteiger partial charge in [0.1, 0.15) is 5.58 Å². The van der Waals surface area contributed by atoms with Crippen molar-refractivity contribution in [1.29, 1.82) is 0 Å². The van der Waals surface area contributed by atoms with Crippen molar-refractivity contribution in [3.05, 3.63) is 101 Å². The molecule has 7 heteroatoms. The van der Waals surface area contributed by atoms with Gasteiger partial charge in [0.15, 0.2) is 5.76 Å². The first-order valence-electron chi connectivity index (χ1n) is 9.69. The fourth-order valence-electron chi connectivity index (χ4n) is 3.39. The number of benzene rings is 2. The molecule has 2 aromatic carbocycles. The number of hydrogen-bond donors (Lipinski definition) is 1. The Hall–Kier alpha value is -3.71. The lowest BCUT2D eigenvalue weighted by Gasteiger charge is -2.04. The van der Waals surface area contributed by atoms with Crippen molar-refractivity contribution in [2.24, 2.45) is 0 Å². The highest BCUT2D eigenvalue weighted by Crippen LogP contribution is 2.25. The van der Waals surface area contributed by atoms with Crippen LogP contribution in [0, 0.1) is 0 Å². The molecule has 1 amide bonds.